The minimum absolute atomic E-state index is 0.0343. The molecule has 0 bridgehead atoms. The van der Waals surface area contributed by atoms with Gasteiger partial charge in [-0.25, -0.2) is 0 Å². The number of rotatable bonds is 6. The van der Waals surface area contributed by atoms with Gasteiger partial charge in [0.25, 0.3) is 0 Å². The first-order chi connectivity index (χ1) is 9.20. The number of nitrogens with zero attached hydrogens (tertiary/aromatic N) is 2. The minimum Gasteiger partial charge on any atom is -0.419 e. The molecule has 19 heavy (non-hydrogen) atoms. The maximum atomic E-state index is 9.23. The van der Waals surface area contributed by atoms with E-state index in [1.165, 1.54) is 0 Å². The van der Waals surface area contributed by atoms with Crippen LogP contribution in [-0.4, -0.2) is 28.0 Å². The Morgan fingerprint density at radius 2 is 1.95 bits per heavy atom. The number of aromatic nitrogens is 2. The van der Waals surface area contributed by atoms with Crippen LogP contribution < -0.4 is 5.32 Å². The SMILES string of the molecule is CC(C)C(CO)NCc1nnc(-c2ccccc2)o1. The lowest BCUT2D eigenvalue weighted by molar-refractivity contribution is 0.207. The van der Waals surface area contributed by atoms with Crippen molar-refractivity contribution in [2.45, 2.75) is 26.4 Å². The van der Waals surface area contributed by atoms with Crippen LogP contribution in [0.5, 0.6) is 0 Å². The fraction of sp³-hybridized carbons (Fsp3) is 0.429. The molecular weight excluding hydrogens is 242 g/mol. The second kappa shape index (κ2) is 6.45. The summed E-state index contributed by atoms with van der Waals surface area (Å²) in [7, 11) is 0. The van der Waals surface area contributed by atoms with Gasteiger partial charge in [0, 0.05) is 11.6 Å². The molecule has 1 aromatic carbocycles. The summed E-state index contributed by atoms with van der Waals surface area (Å²) < 4.78 is 5.58. The molecule has 0 aliphatic heterocycles. The zero-order chi connectivity index (χ0) is 13.7. The van der Waals surface area contributed by atoms with Crippen LogP contribution in [0.4, 0.5) is 0 Å². The van der Waals surface area contributed by atoms with Crippen LogP contribution in [0.3, 0.4) is 0 Å². The van der Waals surface area contributed by atoms with E-state index >= 15 is 0 Å². The smallest absolute Gasteiger partial charge is 0.247 e. The molecule has 0 saturated heterocycles. The Morgan fingerprint density at radius 3 is 2.58 bits per heavy atom. The Morgan fingerprint density at radius 1 is 1.21 bits per heavy atom. The highest BCUT2D eigenvalue weighted by molar-refractivity contribution is 5.51. The Balaban J connectivity index is 1.98. The first-order valence-electron chi connectivity index (χ1n) is 6.42. The first-order valence-corrected chi connectivity index (χ1v) is 6.42. The molecule has 1 atom stereocenters. The fourth-order valence-corrected chi connectivity index (χ4v) is 1.75. The maximum absolute atomic E-state index is 9.23. The summed E-state index contributed by atoms with van der Waals surface area (Å²) in [6.45, 7) is 4.66. The average molecular weight is 261 g/mol. The summed E-state index contributed by atoms with van der Waals surface area (Å²) >= 11 is 0. The van der Waals surface area contributed by atoms with Crippen LogP contribution in [0.1, 0.15) is 19.7 Å². The van der Waals surface area contributed by atoms with Crippen LogP contribution in [0.2, 0.25) is 0 Å². The predicted octanol–water partition coefficient (Wildman–Crippen LogP) is 1.84. The van der Waals surface area contributed by atoms with Gasteiger partial charge in [-0.3, -0.25) is 0 Å². The lowest BCUT2D eigenvalue weighted by atomic mass is 10.1. The zero-order valence-corrected chi connectivity index (χ0v) is 11.2. The van der Waals surface area contributed by atoms with Crippen LogP contribution in [0, 0.1) is 5.92 Å². The lowest BCUT2D eigenvalue weighted by Crippen LogP contribution is -2.36. The first kappa shape index (κ1) is 13.7. The van der Waals surface area contributed by atoms with E-state index in [4.69, 9.17) is 4.42 Å². The largest absolute Gasteiger partial charge is 0.419 e. The van der Waals surface area contributed by atoms with E-state index < -0.39 is 0 Å². The van der Waals surface area contributed by atoms with Gasteiger partial charge < -0.3 is 14.8 Å². The summed E-state index contributed by atoms with van der Waals surface area (Å²) in [6.07, 6.45) is 0. The number of nitrogens with one attached hydrogen (secondary N) is 1. The number of hydrogen-bond acceptors (Lipinski definition) is 5. The highest BCUT2D eigenvalue weighted by atomic mass is 16.4. The van der Waals surface area contributed by atoms with Gasteiger partial charge in [-0.05, 0) is 18.1 Å². The molecule has 2 aromatic rings. The number of benzene rings is 1. The summed E-state index contributed by atoms with van der Waals surface area (Å²) in [5.41, 5.74) is 0.906. The van der Waals surface area contributed by atoms with E-state index in [-0.39, 0.29) is 12.6 Å². The predicted molar refractivity (Wildman–Crippen MR) is 72.3 cm³/mol. The third-order valence-corrected chi connectivity index (χ3v) is 3.00. The van der Waals surface area contributed by atoms with Crippen LogP contribution in [0.15, 0.2) is 34.7 Å². The molecule has 2 rings (SSSR count). The number of hydrogen-bond donors (Lipinski definition) is 2. The third-order valence-electron chi connectivity index (χ3n) is 3.00. The van der Waals surface area contributed by atoms with E-state index in [9.17, 15) is 5.11 Å². The van der Waals surface area contributed by atoms with Crippen molar-refractivity contribution in [3.05, 3.63) is 36.2 Å². The minimum atomic E-state index is 0.0343. The molecular formula is C14H19N3O2. The quantitative estimate of drug-likeness (QED) is 0.830. The highest BCUT2D eigenvalue weighted by Crippen LogP contribution is 2.16. The topological polar surface area (TPSA) is 71.2 Å². The normalized spacial score (nSPS) is 12.8. The van der Waals surface area contributed by atoms with Gasteiger partial charge in [0.15, 0.2) is 0 Å². The van der Waals surface area contributed by atoms with Crippen molar-refractivity contribution >= 4 is 0 Å². The Hall–Kier alpha value is -1.72. The van der Waals surface area contributed by atoms with E-state index in [0.29, 0.717) is 24.2 Å². The average Bonchev–Trinajstić information content (AvgIpc) is 2.89. The van der Waals surface area contributed by atoms with E-state index in [2.05, 4.69) is 29.4 Å². The molecule has 0 aliphatic rings. The number of aliphatic hydroxyl groups is 1. The van der Waals surface area contributed by atoms with E-state index in [1.807, 2.05) is 30.3 Å². The molecule has 0 spiro atoms. The fourth-order valence-electron chi connectivity index (χ4n) is 1.75. The summed E-state index contributed by atoms with van der Waals surface area (Å²) in [6, 6.07) is 9.68. The second-order valence-corrected chi connectivity index (χ2v) is 4.78. The van der Waals surface area contributed by atoms with Gasteiger partial charge >= 0.3 is 0 Å². The van der Waals surface area contributed by atoms with Crippen LogP contribution >= 0.6 is 0 Å². The summed E-state index contributed by atoms with van der Waals surface area (Å²) in [5, 5.41) is 20.4. The molecule has 5 nitrogen and oxygen atoms in total. The van der Waals surface area contributed by atoms with E-state index in [1.54, 1.807) is 0 Å². The van der Waals surface area contributed by atoms with Crippen molar-refractivity contribution in [1.29, 1.82) is 0 Å². The standard InChI is InChI=1S/C14H19N3O2/c1-10(2)12(9-18)15-8-13-16-17-14(19-13)11-6-4-3-5-7-11/h3-7,10,12,15,18H,8-9H2,1-2H3. The Labute approximate surface area is 112 Å². The van der Waals surface area contributed by atoms with Gasteiger partial charge in [-0.2, -0.15) is 0 Å². The van der Waals surface area contributed by atoms with Gasteiger partial charge in [0.2, 0.25) is 11.8 Å². The molecule has 0 radical (unpaired) electrons. The molecule has 0 amide bonds. The van der Waals surface area contributed by atoms with Gasteiger partial charge in [-0.1, -0.05) is 32.0 Å². The molecule has 1 aromatic heterocycles. The summed E-state index contributed by atoms with van der Waals surface area (Å²) in [4.78, 5) is 0. The second-order valence-electron chi connectivity index (χ2n) is 4.78. The van der Waals surface area contributed by atoms with Crippen LogP contribution in [0.25, 0.3) is 11.5 Å². The van der Waals surface area contributed by atoms with Crippen LogP contribution in [-0.2, 0) is 6.54 Å². The van der Waals surface area contributed by atoms with Gasteiger partial charge in [0.05, 0.1) is 13.2 Å². The van der Waals surface area contributed by atoms with Gasteiger partial charge in [-0.15, -0.1) is 10.2 Å². The molecule has 5 heteroatoms. The molecule has 1 heterocycles. The molecule has 2 N–H and O–H groups in total. The molecule has 0 aliphatic carbocycles. The Bertz CT molecular complexity index is 496. The van der Waals surface area contributed by atoms with E-state index in [0.717, 1.165) is 5.56 Å². The van der Waals surface area contributed by atoms with Crippen molar-refractivity contribution < 1.29 is 9.52 Å². The van der Waals surface area contributed by atoms with Gasteiger partial charge in [0.1, 0.15) is 0 Å². The molecule has 0 saturated carbocycles. The maximum Gasteiger partial charge on any atom is 0.247 e. The van der Waals surface area contributed by atoms with Crippen molar-refractivity contribution in [3.8, 4) is 11.5 Å². The highest BCUT2D eigenvalue weighted by Gasteiger charge is 2.13. The summed E-state index contributed by atoms with van der Waals surface area (Å²) in [5.74, 6) is 1.39. The number of aliphatic hydroxyl groups excluding tert-OH is 1. The van der Waals surface area contributed by atoms with Crippen molar-refractivity contribution in [1.82, 2.24) is 15.5 Å². The third kappa shape index (κ3) is 3.62. The molecule has 1 unspecified atom stereocenters. The van der Waals surface area contributed by atoms with Crippen molar-refractivity contribution in [2.75, 3.05) is 6.61 Å². The molecule has 0 fully saturated rings. The zero-order valence-electron chi connectivity index (χ0n) is 11.2. The van der Waals surface area contributed by atoms with Crippen molar-refractivity contribution in [2.24, 2.45) is 5.92 Å². The van der Waals surface area contributed by atoms with Crippen molar-refractivity contribution in [3.63, 3.8) is 0 Å². The monoisotopic (exact) mass is 261 g/mol. The Kier molecular flexibility index (Phi) is 4.65. The lowest BCUT2D eigenvalue weighted by Gasteiger charge is -2.18. The molecule has 102 valence electrons.